The van der Waals surface area contributed by atoms with Crippen molar-refractivity contribution in [3.05, 3.63) is 23.9 Å². The van der Waals surface area contributed by atoms with Crippen molar-refractivity contribution in [1.29, 1.82) is 0 Å². The van der Waals surface area contributed by atoms with Gasteiger partial charge in [-0.15, -0.1) is 0 Å². The van der Waals surface area contributed by atoms with Crippen molar-refractivity contribution in [2.45, 2.75) is 43.1 Å². The van der Waals surface area contributed by atoms with Crippen molar-refractivity contribution in [2.75, 3.05) is 38.2 Å². The van der Waals surface area contributed by atoms with E-state index in [2.05, 4.69) is 39.4 Å². The van der Waals surface area contributed by atoms with E-state index in [4.69, 9.17) is 4.74 Å². The van der Waals surface area contributed by atoms with Gasteiger partial charge in [-0.1, -0.05) is 0 Å². The number of nitrogens with one attached hydrogen (secondary N) is 2. The van der Waals surface area contributed by atoms with E-state index in [1.807, 2.05) is 0 Å². The molecule has 2 aromatic rings. The molecule has 4 heterocycles. The number of hydrogen-bond donors (Lipinski definition) is 2. The van der Waals surface area contributed by atoms with E-state index in [1.165, 1.54) is 11.4 Å². The number of nitrogens with zero attached hydrogens (tertiary/aromatic N) is 3. The summed E-state index contributed by atoms with van der Waals surface area (Å²) in [6.07, 6.45) is -0.621. The summed E-state index contributed by atoms with van der Waals surface area (Å²) in [5.74, 6) is 5.42. The first kappa shape index (κ1) is 24.8. The van der Waals surface area contributed by atoms with Crippen LogP contribution >= 0.6 is 0 Å². The topological polar surface area (TPSA) is 70.9 Å². The van der Waals surface area contributed by atoms with E-state index < -0.39 is 32.2 Å². The zero-order valence-electron chi connectivity index (χ0n) is 18.7. The average molecular weight is 546 g/mol. The molecule has 34 heavy (non-hydrogen) atoms. The number of anilines is 1. The van der Waals surface area contributed by atoms with Gasteiger partial charge in [0, 0.05) is 0 Å². The number of carbonyl (C=O) groups excluding carboxylic acids is 1. The molecule has 2 N–H and O–H groups in total. The van der Waals surface area contributed by atoms with Gasteiger partial charge in [0.25, 0.3) is 0 Å². The van der Waals surface area contributed by atoms with Crippen LogP contribution in [0.1, 0.15) is 26.0 Å². The zero-order valence-corrected chi connectivity index (χ0v) is 20.4. The first-order valence-electron chi connectivity index (χ1n) is 10.8. The minimum absolute atomic E-state index is 0.00116. The van der Waals surface area contributed by atoms with Crippen LogP contribution in [0, 0.1) is 11.8 Å². The van der Waals surface area contributed by atoms with E-state index >= 15 is 4.39 Å². The normalized spacial score (nSPS) is 22.5. The molecule has 0 unspecified atom stereocenters. The Morgan fingerprint density at radius 1 is 1.38 bits per heavy atom. The van der Waals surface area contributed by atoms with Crippen LogP contribution in [0.2, 0.25) is 0 Å². The zero-order chi connectivity index (χ0) is 24.5. The third-order valence-corrected chi connectivity index (χ3v) is 7.69. The van der Waals surface area contributed by atoms with Crippen LogP contribution in [-0.4, -0.2) is 91.1 Å². The number of amides is 1. The van der Waals surface area contributed by atoms with Gasteiger partial charge in [0.05, 0.1) is 0 Å². The predicted octanol–water partition coefficient (Wildman–Crippen LogP) is 1.28. The molecule has 2 aromatic heterocycles. The molecule has 7 nitrogen and oxygen atoms in total. The number of rotatable bonds is 5. The molecule has 12 heteroatoms. The van der Waals surface area contributed by atoms with E-state index in [0.29, 0.717) is 32.0 Å². The molecule has 0 saturated carbocycles. The number of ether oxygens (including phenoxy) is 1. The van der Waals surface area contributed by atoms with E-state index in [1.54, 1.807) is 18.2 Å². The maximum absolute atomic E-state index is 15.1. The van der Waals surface area contributed by atoms with Gasteiger partial charge in [0.2, 0.25) is 0 Å². The van der Waals surface area contributed by atoms with E-state index in [-0.39, 0.29) is 40.2 Å². The van der Waals surface area contributed by atoms with Gasteiger partial charge >= 0.3 is 201 Å². The fourth-order valence-electron chi connectivity index (χ4n) is 4.08. The number of piperidine rings is 1. The summed E-state index contributed by atoms with van der Waals surface area (Å²) in [7, 11) is 0. The Bertz CT molecular complexity index is 1120. The monoisotopic (exact) mass is 547 g/mol. The van der Waals surface area contributed by atoms with Gasteiger partial charge in [-0.25, -0.2) is 0 Å². The molecule has 2 saturated heterocycles. The number of pyridine rings is 1. The summed E-state index contributed by atoms with van der Waals surface area (Å²) in [6.45, 7) is 5.49. The Labute approximate surface area is 200 Å². The van der Waals surface area contributed by atoms with Gasteiger partial charge in [-0.2, -0.15) is 0 Å². The third-order valence-electron chi connectivity index (χ3n) is 5.93. The van der Waals surface area contributed by atoms with Crippen LogP contribution in [0.5, 0.6) is 0 Å². The number of hydrogen-bond acceptors (Lipinski definition) is 5. The summed E-state index contributed by atoms with van der Waals surface area (Å²) < 4.78 is 61.7. The molecule has 2 aliphatic heterocycles. The first-order chi connectivity index (χ1) is 16.1. The minimum atomic E-state index is -4.40. The van der Waals surface area contributed by atoms with Crippen LogP contribution in [0.3, 0.4) is 0 Å². The summed E-state index contributed by atoms with van der Waals surface area (Å²) in [6, 6.07) is 4.34. The van der Waals surface area contributed by atoms with Gasteiger partial charge in [-0.05, 0) is 0 Å². The SMILES string of the molecule is CC(=O)NCC#Cc1nn2c(N[C@@H]3CCN(C4(C)COC4)C[C@@H]3F)cccc2c1[Se]C(F)(F)F. The molecule has 0 aromatic carbocycles. The fourth-order valence-corrected chi connectivity index (χ4v) is 5.50. The molecule has 0 radical (unpaired) electrons. The Hall–Kier alpha value is -2.32. The molecular weight excluding hydrogens is 521 g/mol. The molecule has 0 aliphatic carbocycles. The third kappa shape index (κ3) is 5.49. The van der Waals surface area contributed by atoms with Crippen molar-refractivity contribution < 1.29 is 27.1 Å². The van der Waals surface area contributed by atoms with Gasteiger partial charge in [-0.3, -0.25) is 0 Å². The van der Waals surface area contributed by atoms with Crippen molar-refractivity contribution in [2.24, 2.45) is 0 Å². The number of halogens is 4. The van der Waals surface area contributed by atoms with Gasteiger partial charge in [0.15, 0.2) is 0 Å². The molecule has 2 atom stereocenters. The Morgan fingerprint density at radius 3 is 2.76 bits per heavy atom. The number of likely N-dealkylation sites (tertiary alicyclic amines) is 1. The first-order valence-corrected chi connectivity index (χ1v) is 12.5. The molecule has 184 valence electrons. The fraction of sp³-hybridized carbons (Fsp3) is 0.545. The maximum atomic E-state index is 15.1. The average Bonchev–Trinajstić information content (AvgIpc) is 3.07. The van der Waals surface area contributed by atoms with E-state index in [0.717, 1.165) is 0 Å². The second-order valence-electron chi connectivity index (χ2n) is 8.64. The second-order valence-corrected chi connectivity index (χ2v) is 10.9. The van der Waals surface area contributed by atoms with E-state index in [9.17, 15) is 18.0 Å². The van der Waals surface area contributed by atoms with Crippen molar-refractivity contribution in [3.63, 3.8) is 0 Å². The Kier molecular flexibility index (Phi) is 7.10. The summed E-state index contributed by atoms with van der Waals surface area (Å²) in [4.78, 5) is 13.1. The van der Waals surface area contributed by atoms with Crippen LogP contribution in [0.4, 0.5) is 23.4 Å². The quantitative estimate of drug-likeness (QED) is 0.336. The van der Waals surface area contributed by atoms with Gasteiger partial charge in [0.1, 0.15) is 0 Å². The number of alkyl halides is 4. The Balaban J connectivity index is 1.58. The summed E-state index contributed by atoms with van der Waals surface area (Å²) in [5, 5.41) is 5.55. The molecule has 0 bridgehead atoms. The molecular formula is C22H25F4N5O2Se. The van der Waals surface area contributed by atoms with Crippen molar-refractivity contribution in [1.82, 2.24) is 19.8 Å². The molecule has 1 amide bonds. The molecule has 2 fully saturated rings. The predicted molar refractivity (Wildman–Crippen MR) is 120 cm³/mol. The van der Waals surface area contributed by atoms with Crippen LogP contribution in [0.25, 0.3) is 5.52 Å². The van der Waals surface area contributed by atoms with Crippen LogP contribution < -0.4 is 15.1 Å². The van der Waals surface area contributed by atoms with Gasteiger partial charge < -0.3 is 0 Å². The number of carbonyl (C=O) groups is 1. The summed E-state index contributed by atoms with van der Waals surface area (Å²) in [5.41, 5.74) is 0.135. The van der Waals surface area contributed by atoms with Crippen molar-refractivity contribution in [3.8, 4) is 11.8 Å². The molecule has 0 spiro atoms. The Morgan fingerprint density at radius 2 is 2.15 bits per heavy atom. The standard InChI is InChI=1S/C22H25F4N5O2Se/c1-14(32)27-9-4-5-17-20(34-22(24,25)26)18-6-3-7-19(31(18)29-17)28-16-8-10-30(11-15(16)23)21(2)12-33-13-21/h3,6-7,15-16,28H,8-13H2,1-2H3,(H,27,32)/t15-,16+/m0/s1. The van der Waals surface area contributed by atoms with Crippen molar-refractivity contribution >= 4 is 36.7 Å². The molecule has 2 aliphatic rings. The van der Waals surface area contributed by atoms with Crippen LogP contribution in [0.15, 0.2) is 18.2 Å². The summed E-state index contributed by atoms with van der Waals surface area (Å²) >= 11 is -1.88. The second kappa shape index (κ2) is 9.74. The van der Waals surface area contributed by atoms with Crippen LogP contribution in [-0.2, 0) is 9.53 Å². The molecule has 4 rings (SSSR count). The number of fused-ring (bicyclic) bond motifs is 1. The number of aromatic nitrogens is 2.